The number of amides is 1. The fraction of sp³-hybridized carbons (Fsp3) is 0.600. The van der Waals surface area contributed by atoms with Crippen molar-refractivity contribution in [2.75, 3.05) is 40.0 Å². The average Bonchev–Trinajstić information content (AvgIpc) is 2.59. The van der Waals surface area contributed by atoms with Crippen molar-refractivity contribution >= 4 is 27.9 Å². The summed E-state index contributed by atoms with van der Waals surface area (Å²) in [5, 5.41) is 3.66. The lowest BCUT2D eigenvalue weighted by molar-refractivity contribution is 0.0937. The Labute approximate surface area is 148 Å². The van der Waals surface area contributed by atoms with Gasteiger partial charge in [-0.25, -0.2) is 4.98 Å². The smallest absolute Gasteiger partial charge is 0.281 e. The molecule has 24 heavy (non-hydrogen) atoms. The third-order valence-corrected chi connectivity index (χ3v) is 6.77. The van der Waals surface area contributed by atoms with Crippen LogP contribution in [0.15, 0.2) is 23.4 Å². The predicted molar refractivity (Wildman–Crippen MR) is 95.3 cm³/mol. The van der Waals surface area contributed by atoms with E-state index in [1.165, 1.54) is 20.4 Å². The lowest BCUT2D eigenvalue weighted by Gasteiger charge is -2.32. The number of carbonyl (C=O) groups is 1. The molecule has 0 bridgehead atoms. The fourth-order valence-electron chi connectivity index (χ4n) is 2.63. The van der Waals surface area contributed by atoms with Gasteiger partial charge in [0, 0.05) is 39.9 Å². The molecule has 2 heterocycles. The minimum Gasteiger partial charge on any atom is -0.352 e. The summed E-state index contributed by atoms with van der Waals surface area (Å²) in [5.41, 5.74) is 0.581. The zero-order valence-electron chi connectivity index (χ0n) is 14.2. The van der Waals surface area contributed by atoms with E-state index in [2.05, 4.69) is 10.3 Å². The third kappa shape index (κ3) is 4.47. The first-order valence-electron chi connectivity index (χ1n) is 7.81. The molecule has 1 aliphatic heterocycles. The van der Waals surface area contributed by atoms with E-state index in [9.17, 15) is 13.2 Å². The molecule has 1 fully saturated rings. The number of aromatic nitrogens is 1. The summed E-state index contributed by atoms with van der Waals surface area (Å²) in [7, 11) is -0.257. The van der Waals surface area contributed by atoms with Crippen molar-refractivity contribution in [3.63, 3.8) is 0 Å². The molecule has 9 heteroatoms. The van der Waals surface area contributed by atoms with Gasteiger partial charge in [0.1, 0.15) is 5.03 Å². The molecule has 0 atom stereocenters. The average molecular weight is 373 g/mol. The van der Waals surface area contributed by atoms with E-state index < -0.39 is 10.2 Å². The molecule has 2 rings (SSSR count). The molecule has 0 aromatic carbocycles. The lowest BCUT2D eigenvalue weighted by atomic mass is 9.98. The summed E-state index contributed by atoms with van der Waals surface area (Å²) < 4.78 is 26.9. The quantitative estimate of drug-likeness (QED) is 0.755. The van der Waals surface area contributed by atoms with Gasteiger partial charge in [0.25, 0.3) is 16.1 Å². The van der Waals surface area contributed by atoms with Crippen LogP contribution in [-0.2, 0) is 10.2 Å². The van der Waals surface area contributed by atoms with Gasteiger partial charge in [0.05, 0.1) is 5.56 Å². The highest BCUT2D eigenvalue weighted by atomic mass is 32.2. The van der Waals surface area contributed by atoms with Crippen molar-refractivity contribution in [1.82, 2.24) is 18.9 Å². The molecule has 134 valence electrons. The molecule has 7 nitrogen and oxygen atoms in total. The highest BCUT2D eigenvalue weighted by molar-refractivity contribution is 7.98. The molecular weight excluding hydrogens is 348 g/mol. The molecular formula is C15H24N4O3S2. The van der Waals surface area contributed by atoms with Crippen LogP contribution in [-0.4, -0.2) is 67.9 Å². The Hall–Kier alpha value is -1.16. The Morgan fingerprint density at radius 2 is 2.08 bits per heavy atom. The van der Waals surface area contributed by atoms with Crippen molar-refractivity contribution in [1.29, 1.82) is 0 Å². The normalized spacial score (nSPS) is 17.2. The second kappa shape index (κ2) is 8.28. The highest BCUT2D eigenvalue weighted by Gasteiger charge is 2.29. The number of hydrogen-bond donors (Lipinski definition) is 1. The zero-order chi connectivity index (χ0) is 17.7. The summed E-state index contributed by atoms with van der Waals surface area (Å²) in [6.45, 7) is 1.53. The molecule has 1 aliphatic rings. The Kier molecular flexibility index (Phi) is 6.62. The van der Waals surface area contributed by atoms with Crippen LogP contribution >= 0.6 is 11.8 Å². The number of piperidine rings is 1. The summed E-state index contributed by atoms with van der Waals surface area (Å²) in [4.78, 5) is 16.5. The first kappa shape index (κ1) is 19.2. The van der Waals surface area contributed by atoms with Gasteiger partial charge in [-0.05, 0) is 37.1 Å². The Bertz CT molecular complexity index is 671. The van der Waals surface area contributed by atoms with Crippen molar-refractivity contribution in [2.24, 2.45) is 5.92 Å². The molecule has 0 aliphatic carbocycles. The van der Waals surface area contributed by atoms with Crippen LogP contribution in [0.25, 0.3) is 0 Å². The van der Waals surface area contributed by atoms with Crippen LogP contribution in [0.1, 0.15) is 23.2 Å². The summed E-state index contributed by atoms with van der Waals surface area (Å²) in [5.74, 6) is 0.160. The summed E-state index contributed by atoms with van der Waals surface area (Å²) in [6.07, 6.45) is 5.05. The number of rotatable bonds is 6. The molecule has 0 radical (unpaired) electrons. The summed E-state index contributed by atoms with van der Waals surface area (Å²) >= 11 is 1.44. The van der Waals surface area contributed by atoms with E-state index in [1.807, 2.05) is 6.26 Å². The van der Waals surface area contributed by atoms with Crippen molar-refractivity contribution in [3.8, 4) is 0 Å². The van der Waals surface area contributed by atoms with Gasteiger partial charge in [-0.2, -0.15) is 17.0 Å². The molecule has 1 aromatic rings. The van der Waals surface area contributed by atoms with E-state index in [4.69, 9.17) is 0 Å². The van der Waals surface area contributed by atoms with Crippen LogP contribution in [0, 0.1) is 5.92 Å². The van der Waals surface area contributed by atoms with Gasteiger partial charge in [-0.3, -0.25) is 4.79 Å². The molecule has 1 saturated heterocycles. The molecule has 1 amide bonds. The van der Waals surface area contributed by atoms with Crippen LogP contribution in [0.2, 0.25) is 0 Å². The fourth-order valence-corrected chi connectivity index (χ4v) is 4.31. The van der Waals surface area contributed by atoms with E-state index in [0.29, 0.717) is 30.2 Å². The number of nitrogens with zero attached hydrogens (tertiary/aromatic N) is 3. The van der Waals surface area contributed by atoms with Crippen LogP contribution < -0.4 is 5.32 Å². The van der Waals surface area contributed by atoms with Crippen LogP contribution in [0.4, 0.5) is 0 Å². The van der Waals surface area contributed by atoms with Gasteiger partial charge in [-0.1, -0.05) is 0 Å². The maximum absolute atomic E-state index is 12.3. The van der Waals surface area contributed by atoms with Crippen LogP contribution in [0.5, 0.6) is 0 Å². The number of carbonyl (C=O) groups excluding carboxylic acids is 1. The first-order valence-corrected chi connectivity index (χ1v) is 10.4. The Morgan fingerprint density at radius 1 is 1.42 bits per heavy atom. The van der Waals surface area contributed by atoms with Gasteiger partial charge < -0.3 is 5.32 Å². The molecule has 0 spiro atoms. The maximum atomic E-state index is 12.3. The number of hydrogen-bond acceptors (Lipinski definition) is 5. The largest absolute Gasteiger partial charge is 0.352 e. The maximum Gasteiger partial charge on any atom is 0.281 e. The predicted octanol–water partition coefficient (Wildman–Crippen LogP) is 1.05. The Morgan fingerprint density at radius 3 is 2.67 bits per heavy atom. The summed E-state index contributed by atoms with van der Waals surface area (Å²) in [6, 6.07) is 3.51. The SMILES string of the molecule is CSc1ncccc1C(=O)NCC1CCN(S(=O)(=O)N(C)C)CC1. The molecule has 1 N–H and O–H groups in total. The van der Waals surface area contributed by atoms with E-state index in [1.54, 1.807) is 32.4 Å². The van der Waals surface area contributed by atoms with Crippen molar-refractivity contribution in [3.05, 3.63) is 23.9 Å². The lowest BCUT2D eigenvalue weighted by Crippen LogP contribution is -2.45. The minimum absolute atomic E-state index is 0.129. The monoisotopic (exact) mass is 372 g/mol. The molecule has 0 saturated carbocycles. The van der Waals surface area contributed by atoms with Gasteiger partial charge in [0.15, 0.2) is 0 Å². The van der Waals surface area contributed by atoms with E-state index in [-0.39, 0.29) is 11.8 Å². The second-order valence-electron chi connectivity index (χ2n) is 5.90. The Balaban J connectivity index is 1.86. The standard InChI is InChI=1S/C15H24N4O3S2/c1-18(2)24(21,22)19-9-6-12(7-10-19)11-17-14(20)13-5-4-8-16-15(13)23-3/h4-5,8,12H,6-7,9-11H2,1-3H3,(H,17,20). The van der Waals surface area contributed by atoms with Crippen molar-refractivity contribution < 1.29 is 13.2 Å². The van der Waals surface area contributed by atoms with Crippen molar-refractivity contribution in [2.45, 2.75) is 17.9 Å². The second-order valence-corrected chi connectivity index (χ2v) is 8.84. The molecule has 1 aromatic heterocycles. The van der Waals surface area contributed by atoms with Gasteiger partial charge in [0.2, 0.25) is 0 Å². The van der Waals surface area contributed by atoms with Gasteiger partial charge in [-0.15, -0.1) is 11.8 Å². The minimum atomic E-state index is -3.34. The van der Waals surface area contributed by atoms with E-state index in [0.717, 1.165) is 12.8 Å². The number of pyridine rings is 1. The van der Waals surface area contributed by atoms with Gasteiger partial charge >= 0.3 is 0 Å². The number of thioether (sulfide) groups is 1. The highest BCUT2D eigenvalue weighted by Crippen LogP contribution is 2.21. The first-order chi connectivity index (χ1) is 11.4. The number of nitrogens with one attached hydrogen (secondary N) is 1. The third-order valence-electron chi connectivity index (χ3n) is 4.12. The molecule has 0 unspecified atom stereocenters. The zero-order valence-corrected chi connectivity index (χ0v) is 15.9. The van der Waals surface area contributed by atoms with Crippen LogP contribution in [0.3, 0.4) is 0 Å². The topological polar surface area (TPSA) is 82.6 Å². The van der Waals surface area contributed by atoms with E-state index >= 15 is 0 Å².